The zero-order valence-corrected chi connectivity index (χ0v) is 13.8. The molecule has 6 fully saturated rings. The van der Waals surface area contributed by atoms with Crippen molar-refractivity contribution in [2.75, 3.05) is 19.6 Å². The van der Waals surface area contributed by atoms with Crippen LogP contribution in [0.5, 0.6) is 0 Å². The first-order valence-electron chi connectivity index (χ1n) is 10.2. The van der Waals surface area contributed by atoms with Gasteiger partial charge in [0.15, 0.2) is 0 Å². The molecule has 21 heavy (non-hydrogen) atoms. The zero-order chi connectivity index (χ0) is 13.9. The Bertz CT molecular complexity index is 359. The molecule has 3 aliphatic carbocycles. The van der Waals surface area contributed by atoms with E-state index >= 15 is 0 Å². The van der Waals surface area contributed by atoms with Gasteiger partial charge in [0.05, 0.1) is 25.7 Å². The van der Waals surface area contributed by atoms with E-state index in [1.54, 1.807) is 94.7 Å². The number of quaternary nitrogens is 1. The van der Waals surface area contributed by atoms with Crippen molar-refractivity contribution in [2.24, 2.45) is 29.6 Å². The molecule has 4 unspecified atom stereocenters. The SMILES string of the molecule is C1CCC2C(C1)C1CCCCC1C2[N+]12CCC(CC1)CC2. The molecule has 1 heteroatoms. The minimum absolute atomic E-state index is 1.11. The standard InChI is InChI=1S/C20H34N/c1-3-7-18-16(5-1)17-6-2-4-8-19(17)20(18)21-12-9-15(10-13-21)11-14-21/h15-20H,1-14H2/q+1. The third-order valence-corrected chi connectivity index (χ3v) is 8.76. The van der Waals surface area contributed by atoms with Gasteiger partial charge in [-0.25, -0.2) is 0 Å². The summed E-state index contributed by atoms with van der Waals surface area (Å²) in [5.74, 6) is 5.71. The molecule has 0 N–H and O–H groups in total. The van der Waals surface area contributed by atoms with Crippen LogP contribution in [0.4, 0.5) is 0 Å². The maximum absolute atomic E-state index is 1.61. The van der Waals surface area contributed by atoms with E-state index in [2.05, 4.69) is 0 Å². The predicted octanol–water partition coefficient (Wildman–Crippen LogP) is 4.61. The van der Waals surface area contributed by atoms with Crippen molar-refractivity contribution in [3.05, 3.63) is 0 Å². The third-order valence-electron chi connectivity index (χ3n) is 8.76. The summed E-state index contributed by atoms with van der Waals surface area (Å²) in [5, 5.41) is 0. The highest BCUT2D eigenvalue weighted by Gasteiger charge is 2.60. The average molecular weight is 288 g/mol. The highest BCUT2D eigenvalue weighted by atomic mass is 15.4. The number of hydrogen-bond donors (Lipinski definition) is 0. The first-order valence-corrected chi connectivity index (χ1v) is 10.2. The largest absolute Gasteiger partial charge is 0.321 e. The monoisotopic (exact) mass is 288 g/mol. The molecular weight excluding hydrogens is 254 g/mol. The Morgan fingerprint density at radius 3 is 1.38 bits per heavy atom. The maximum Gasteiger partial charge on any atom is 0.0952 e. The van der Waals surface area contributed by atoms with E-state index < -0.39 is 0 Å². The molecule has 0 aromatic carbocycles. The molecule has 0 amide bonds. The van der Waals surface area contributed by atoms with Gasteiger partial charge in [-0.05, 0) is 62.7 Å². The molecule has 0 radical (unpaired) electrons. The van der Waals surface area contributed by atoms with Crippen LogP contribution in [0, 0.1) is 29.6 Å². The van der Waals surface area contributed by atoms with Gasteiger partial charge in [-0.15, -0.1) is 0 Å². The Kier molecular flexibility index (Phi) is 3.18. The second-order valence-electron chi connectivity index (χ2n) is 9.34. The zero-order valence-electron chi connectivity index (χ0n) is 13.8. The fourth-order valence-electron chi connectivity index (χ4n) is 7.95. The van der Waals surface area contributed by atoms with Crippen LogP contribution in [0.1, 0.15) is 70.6 Å². The van der Waals surface area contributed by atoms with E-state index in [1.165, 1.54) is 0 Å². The lowest BCUT2D eigenvalue weighted by atomic mass is 9.73. The van der Waals surface area contributed by atoms with E-state index in [-0.39, 0.29) is 0 Å². The van der Waals surface area contributed by atoms with E-state index in [0.29, 0.717) is 0 Å². The summed E-state index contributed by atoms with van der Waals surface area (Å²) in [5.41, 5.74) is 0. The van der Waals surface area contributed by atoms with Gasteiger partial charge in [-0.3, -0.25) is 0 Å². The van der Waals surface area contributed by atoms with Crippen LogP contribution in [0.2, 0.25) is 0 Å². The molecule has 0 spiro atoms. The van der Waals surface area contributed by atoms with Gasteiger partial charge in [-0.2, -0.15) is 0 Å². The van der Waals surface area contributed by atoms with Crippen LogP contribution in [0.3, 0.4) is 0 Å². The molecule has 6 aliphatic rings. The van der Waals surface area contributed by atoms with Crippen LogP contribution in [0.25, 0.3) is 0 Å². The average Bonchev–Trinajstić information content (AvgIpc) is 2.92. The summed E-state index contributed by atoms with van der Waals surface area (Å²) in [7, 11) is 0. The number of piperidine rings is 3. The van der Waals surface area contributed by atoms with Crippen LogP contribution < -0.4 is 0 Å². The minimum atomic E-state index is 1.11. The summed E-state index contributed by atoms with van der Waals surface area (Å²) in [6.07, 6.45) is 17.4. The molecule has 3 saturated heterocycles. The first kappa shape index (κ1) is 13.4. The van der Waals surface area contributed by atoms with Gasteiger partial charge in [0, 0.05) is 11.8 Å². The van der Waals surface area contributed by atoms with E-state index in [1.807, 2.05) is 0 Å². The Hall–Kier alpha value is -0.0400. The Morgan fingerprint density at radius 2 is 0.905 bits per heavy atom. The quantitative estimate of drug-likeness (QED) is 0.618. The summed E-state index contributed by atoms with van der Waals surface area (Å²) < 4.78 is 1.61. The van der Waals surface area contributed by atoms with Crippen molar-refractivity contribution >= 4 is 0 Å². The maximum atomic E-state index is 1.61. The van der Waals surface area contributed by atoms with Crippen LogP contribution in [0.15, 0.2) is 0 Å². The van der Waals surface area contributed by atoms with Gasteiger partial charge in [0.1, 0.15) is 0 Å². The predicted molar refractivity (Wildman–Crippen MR) is 86.9 cm³/mol. The highest BCUT2D eigenvalue weighted by molar-refractivity contribution is 5.02. The van der Waals surface area contributed by atoms with Crippen molar-refractivity contribution < 1.29 is 4.48 Å². The summed E-state index contributed by atoms with van der Waals surface area (Å²) in [4.78, 5) is 0. The lowest BCUT2D eigenvalue weighted by Crippen LogP contribution is -2.66. The Balaban J connectivity index is 1.50. The summed E-state index contributed by atoms with van der Waals surface area (Å²) >= 11 is 0. The second kappa shape index (κ2) is 4.98. The molecular formula is C20H34N+. The molecule has 3 heterocycles. The molecule has 0 aromatic heterocycles. The summed E-state index contributed by atoms with van der Waals surface area (Å²) in [6, 6.07) is 1.11. The van der Waals surface area contributed by atoms with Gasteiger partial charge in [-0.1, -0.05) is 25.7 Å². The summed E-state index contributed by atoms with van der Waals surface area (Å²) in [6.45, 7) is 4.71. The van der Waals surface area contributed by atoms with Crippen molar-refractivity contribution in [1.82, 2.24) is 0 Å². The van der Waals surface area contributed by atoms with Crippen LogP contribution >= 0.6 is 0 Å². The van der Waals surface area contributed by atoms with Crippen LogP contribution in [-0.4, -0.2) is 30.2 Å². The smallest absolute Gasteiger partial charge is 0.0952 e. The molecule has 6 rings (SSSR count). The van der Waals surface area contributed by atoms with E-state index in [9.17, 15) is 0 Å². The van der Waals surface area contributed by atoms with Gasteiger partial charge in [0.2, 0.25) is 0 Å². The Morgan fingerprint density at radius 1 is 0.476 bits per heavy atom. The Labute approximate surface area is 131 Å². The van der Waals surface area contributed by atoms with Crippen molar-refractivity contribution in [3.63, 3.8) is 0 Å². The number of rotatable bonds is 1. The highest BCUT2D eigenvalue weighted by Crippen LogP contribution is 2.58. The van der Waals surface area contributed by atoms with Gasteiger partial charge in [0.25, 0.3) is 0 Å². The number of fused-ring (bicyclic) bond motifs is 6. The minimum Gasteiger partial charge on any atom is -0.321 e. The molecule has 0 aromatic rings. The van der Waals surface area contributed by atoms with Crippen LogP contribution in [-0.2, 0) is 0 Å². The topological polar surface area (TPSA) is 0 Å². The molecule has 2 bridgehead atoms. The lowest BCUT2D eigenvalue weighted by molar-refractivity contribution is -0.971. The van der Waals surface area contributed by atoms with Crippen molar-refractivity contribution in [3.8, 4) is 0 Å². The number of nitrogens with zero attached hydrogens (tertiary/aromatic N) is 1. The van der Waals surface area contributed by atoms with Crippen molar-refractivity contribution in [1.29, 1.82) is 0 Å². The molecule has 1 nitrogen and oxygen atoms in total. The molecule has 118 valence electrons. The van der Waals surface area contributed by atoms with Crippen molar-refractivity contribution in [2.45, 2.75) is 76.7 Å². The normalized spacial score (nSPS) is 56.0. The van der Waals surface area contributed by atoms with E-state index in [4.69, 9.17) is 0 Å². The second-order valence-corrected chi connectivity index (χ2v) is 9.34. The van der Waals surface area contributed by atoms with Gasteiger partial charge < -0.3 is 4.48 Å². The fraction of sp³-hybridized carbons (Fsp3) is 1.00. The number of hydrogen-bond acceptors (Lipinski definition) is 0. The fourth-order valence-corrected chi connectivity index (χ4v) is 7.95. The molecule has 4 atom stereocenters. The van der Waals surface area contributed by atoms with Gasteiger partial charge >= 0.3 is 0 Å². The van der Waals surface area contributed by atoms with E-state index in [0.717, 1.165) is 35.6 Å². The molecule has 3 saturated carbocycles. The third kappa shape index (κ3) is 1.92. The molecule has 3 aliphatic heterocycles. The lowest BCUT2D eigenvalue weighted by Gasteiger charge is -2.56. The first-order chi connectivity index (χ1) is 10.4.